The third kappa shape index (κ3) is 7.50. The molecule has 48 heavy (non-hydrogen) atoms. The van der Waals surface area contributed by atoms with Crippen molar-refractivity contribution in [1.82, 2.24) is 25.1 Å². The first-order valence-corrected chi connectivity index (χ1v) is 18.3. The van der Waals surface area contributed by atoms with Gasteiger partial charge in [0.15, 0.2) is 0 Å². The number of nitriles is 1. The molecule has 3 saturated heterocycles. The van der Waals surface area contributed by atoms with Crippen molar-refractivity contribution >= 4 is 17.5 Å². The minimum absolute atomic E-state index is 0.315. The number of aromatic nitrogens is 2. The van der Waals surface area contributed by atoms with E-state index in [1.807, 2.05) is 36.5 Å². The summed E-state index contributed by atoms with van der Waals surface area (Å²) >= 11 is 6.30. The van der Waals surface area contributed by atoms with Crippen LogP contribution in [0.2, 0.25) is 5.02 Å². The molecule has 3 aromatic rings. The molecule has 0 atom stereocenters. The van der Waals surface area contributed by atoms with E-state index in [2.05, 4.69) is 57.0 Å². The number of anilines is 1. The third-order valence-electron chi connectivity index (χ3n) is 11.8. The van der Waals surface area contributed by atoms with Gasteiger partial charge in [-0.2, -0.15) is 5.26 Å². The van der Waals surface area contributed by atoms with Crippen LogP contribution in [-0.4, -0.2) is 84.7 Å². The van der Waals surface area contributed by atoms with Gasteiger partial charge in [0.05, 0.1) is 17.3 Å². The normalized spacial score (nSPS) is 21.2. The van der Waals surface area contributed by atoms with Gasteiger partial charge >= 0.3 is 0 Å². The molecule has 3 aliphatic heterocycles. The Morgan fingerprint density at radius 1 is 0.958 bits per heavy atom. The van der Waals surface area contributed by atoms with E-state index in [4.69, 9.17) is 21.3 Å². The van der Waals surface area contributed by atoms with Gasteiger partial charge in [-0.25, -0.2) is 9.97 Å². The van der Waals surface area contributed by atoms with Crippen molar-refractivity contribution in [2.75, 3.05) is 63.8 Å². The van der Waals surface area contributed by atoms with Crippen LogP contribution in [-0.2, 0) is 12.0 Å². The van der Waals surface area contributed by atoms with Crippen LogP contribution in [0.25, 0.3) is 0 Å². The molecule has 0 bridgehead atoms. The van der Waals surface area contributed by atoms with Crippen molar-refractivity contribution in [2.45, 2.75) is 70.4 Å². The zero-order valence-electron chi connectivity index (χ0n) is 28.6. The molecule has 254 valence electrons. The second-order valence-electron chi connectivity index (χ2n) is 15.2. The maximum Gasteiger partial charge on any atom is 0.225 e. The number of rotatable bonds is 9. The van der Waals surface area contributed by atoms with E-state index < -0.39 is 0 Å². The Kier molecular flexibility index (Phi) is 9.94. The maximum absolute atomic E-state index is 9.39. The number of piperidine rings is 2. The number of benzene rings is 2. The summed E-state index contributed by atoms with van der Waals surface area (Å²) in [6.45, 7) is 15.1. The largest absolute Gasteiger partial charge is 0.487 e. The lowest BCUT2D eigenvalue weighted by molar-refractivity contribution is -0.0466. The second kappa shape index (κ2) is 14.3. The van der Waals surface area contributed by atoms with E-state index in [1.165, 1.54) is 71.2 Å². The van der Waals surface area contributed by atoms with Crippen molar-refractivity contribution in [2.24, 2.45) is 11.3 Å². The van der Waals surface area contributed by atoms with Crippen LogP contribution >= 0.6 is 11.6 Å². The van der Waals surface area contributed by atoms with Crippen molar-refractivity contribution in [3.05, 3.63) is 82.1 Å². The molecule has 4 aliphatic rings. The fourth-order valence-electron chi connectivity index (χ4n) is 8.46. The van der Waals surface area contributed by atoms with Crippen LogP contribution in [0.1, 0.15) is 74.8 Å². The zero-order chi connectivity index (χ0) is 33.1. The summed E-state index contributed by atoms with van der Waals surface area (Å²) in [6.07, 6.45) is 10.1. The van der Waals surface area contributed by atoms with Gasteiger partial charge < -0.3 is 19.9 Å². The zero-order valence-corrected chi connectivity index (χ0v) is 29.4. The molecule has 0 unspecified atom stereocenters. The van der Waals surface area contributed by atoms with Gasteiger partial charge in [0, 0.05) is 55.4 Å². The van der Waals surface area contributed by atoms with E-state index in [0.717, 1.165) is 66.7 Å². The van der Waals surface area contributed by atoms with Gasteiger partial charge in [0.25, 0.3) is 0 Å². The van der Waals surface area contributed by atoms with Gasteiger partial charge in [0.2, 0.25) is 5.95 Å². The van der Waals surface area contributed by atoms with Gasteiger partial charge in [0.1, 0.15) is 12.4 Å². The molecule has 1 N–H and O–H groups in total. The molecule has 1 aliphatic carbocycles. The van der Waals surface area contributed by atoms with Crippen LogP contribution in [0.4, 0.5) is 5.95 Å². The van der Waals surface area contributed by atoms with Crippen LogP contribution in [0.5, 0.6) is 5.75 Å². The molecule has 1 spiro atoms. The molecule has 9 heteroatoms. The first-order chi connectivity index (χ1) is 23.3. The summed E-state index contributed by atoms with van der Waals surface area (Å²) in [5.41, 5.74) is 3.86. The Balaban J connectivity index is 0.862. The quantitative estimate of drug-likeness (QED) is 0.286. The highest BCUT2D eigenvalue weighted by Crippen LogP contribution is 2.51. The SMILES string of the molecule is CC(C)(c1ccc(OCc2ccnc(N3CCN(C4CC5(CCN(CC6CCNCC6)CC5)C4)CC3)n2)cc1)c1cc(Cl)cc(C#N)c1. The van der Waals surface area contributed by atoms with Gasteiger partial charge in [-0.05, 0) is 124 Å². The first kappa shape index (κ1) is 33.3. The average Bonchev–Trinajstić information content (AvgIpc) is 3.11. The van der Waals surface area contributed by atoms with E-state index in [9.17, 15) is 5.26 Å². The smallest absolute Gasteiger partial charge is 0.225 e. The van der Waals surface area contributed by atoms with Crippen LogP contribution in [0, 0.1) is 22.7 Å². The summed E-state index contributed by atoms with van der Waals surface area (Å²) in [6, 6.07) is 18.6. The Labute approximate surface area is 291 Å². The Hall–Kier alpha value is -3.22. The highest BCUT2D eigenvalue weighted by molar-refractivity contribution is 6.30. The number of piperazine rings is 1. The van der Waals surface area contributed by atoms with Crippen molar-refractivity contribution < 1.29 is 4.74 Å². The number of ether oxygens (including phenoxy) is 1. The predicted molar refractivity (Wildman–Crippen MR) is 192 cm³/mol. The molecular formula is C39H50ClN7O. The van der Waals surface area contributed by atoms with Gasteiger partial charge in [-0.3, -0.25) is 4.90 Å². The summed E-state index contributed by atoms with van der Waals surface area (Å²) in [7, 11) is 0. The fraction of sp³-hybridized carbons (Fsp3) is 0.564. The second-order valence-corrected chi connectivity index (χ2v) is 15.6. The van der Waals surface area contributed by atoms with E-state index in [0.29, 0.717) is 22.6 Å². The van der Waals surface area contributed by atoms with Crippen LogP contribution < -0.4 is 15.0 Å². The minimum Gasteiger partial charge on any atom is -0.487 e. The highest BCUT2D eigenvalue weighted by Gasteiger charge is 2.48. The van der Waals surface area contributed by atoms with Crippen molar-refractivity contribution in [3.63, 3.8) is 0 Å². The molecule has 7 rings (SSSR count). The lowest BCUT2D eigenvalue weighted by Gasteiger charge is -2.56. The molecule has 0 radical (unpaired) electrons. The van der Waals surface area contributed by atoms with E-state index >= 15 is 0 Å². The molecule has 4 heterocycles. The lowest BCUT2D eigenvalue weighted by Crippen LogP contribution is -2.59. The highest BCUT2D eigenvalue weighted by atomic mass is 35.5. The predicted octanol–water partition coefficient (Wildman–Crippen LogP) is 6.27. The molecule has 1 saturated carbocycles. The molecule has 2 aromatic carbocycles. The van der Waals surface area contributed by atoms with E-state index in [-0.39, 0.29) is 5.41 Å². The summed E-state index contributed by atoms with van der Waals surface area (Å²) in [5, 5.41) is 13.5. The van der Waals surface area contributed by atoms with Crippen molar-refractivity contribution in [1.29, 1.82) is 5.26 Å². The Bertz CT molecular complexity index is 1570. The topological polar surface area (TPSA) is 80.6 Å². The summed E-state index contributed by atoms with van der Waals surface area (Å²) in [4.78, 5) is 17.3. The average molecular weight is 668 g/mol. The number of likely N-dealkylation sites (tertiary alicyclic amines) is 1. The molecule has 0 amide bonds. The minimum atomic E-state index is -0.315. The summed E-state index contributed by atoms with van der Waals surface area (Å²) in [5.74, 6) is 2.50. The van der Waals surface area contributed by atoms with Crippen LogP contribution in [0.15, 0.2) is 54.7 Å². The number of hydrogen-bond acceptors (Lipinski definition) is 8. The third-order valence-corrected chi connectivity index (χ3v) is 12.0. The molecule has 1 aromatic heterocycles. The fourth-order valence-corrected chi connectivity index (χ4v) is 8.69. The Morgan fingerprint density at radius 3 is 2.40 bits per heavy atom. The Morgan fingerprint density at radius 2 is 1.69 bits per heavy atom. The van der Waals surface area contributed by atoms with Crippen molar-refractivity contribution in [3.8, 4) is 11.8 Å². The van der Waals surface area contributed by atoms with Crippen LogP contribution in [0.3, 0.4) is 0 Å². The number of nitrogens with one attached hydrogen (secondary N) is 1. The number of nitrogens with zero attached hydrogens (tertiary/aromatic N) is 6. The standard InChI is InChI=1S/C39H50ClN7O/c1-38(2,32-21-30(26-41)22-33(40)23-32)31-3-5-36(6-4-31)48-28-34-9-14-43-37(44-34)47-19-17-46(18-20-47)35-24-39(25-35)10-15-45(16-11-39)27-29-7-12-42-13-8-29/h3-6,9,14,21-23,29,35,42H,7-8,10-13,15-20,24-25,27-28H2,1-2H3. The molecule has 4 fully saturated rings. The number of halogens is 1. The molecular weight excluding hydrogens is 618 g/mol. The van der Waals surface area contributed by atoms with Gasteiger partial charge in [-0.1, -0.05) is 37.6 Å². The maximum atomic E-state index is 9.39. The van der Waals surface area contributed by atoms with E-state index in [1.54, 1.807) is 6.07 Å². The number of hydrogen-bond donors (Lipinski definition) is 1. The summed E-state index contributed by atoms with van der Waals surface area (Å²) < 4.78 is 6.15. The van der Waals surface area contributed by atoms with Gasteiger partial charge in [-0.15, -0.1) is 0 Å². The molecule has 8 nitrogen and oxygen atoms in total. The first-order valence-electron chi connectivity index (χ1n) is 18.0. The lowest BCUT2D eigenvalue weighted by atomic mass is 9.60. The monoisotopic (exact) mass is 667 g/mol.